The lowest BCUT2D eigenvalue weighted by atomic mass is 9.94. The van der Waals surface area contributed by atoms with Gasteiger partial charge in [-0.1, -0.05) is 206 Å². The van der Waals surface area contributed by atoms with Gasteiger partial charge in [-0.15, -0.1) is 45.3 Å². The van der Waals surface area contributed by atoms with Gasteiger partial charge in [0.1, 0.15) is 0 Å². The van der Waals surface area contributed by atoms with Crippen LogP contribution in [0.25, 0.3) is 194 Å². The van der Waals surface area contributed by atoms with E-state index in [0.717, 1.165) is 66.8 Å². The summed E-state index contributed by atoms with van der Waals surface area (Å²) in [5.74, 6) is 3.13. The van der Waals surface area contributed by atoms with Crippen LogP contribution in [0, 0.1) is 22.7 Å². The van der Waals surface area contributed by atoms with E-state index in [1.54, 1.807) is 12.1 Å². The molecule has 20 rings (SSSR count). The summed E-state index contributed by atoms with van der Waals surface area (Å²) in [5, 5.41) is 30.1. The molecular weight excluding hydrogens is 1350 g/mol. The molecule has 14 aromatic carbocycles. The van der Waals surface area contributed by atoms with E-state index in [1.165, 1.54) is 80.7 Å². The van der Waals surface area contributed by atoms with Crippen molar-refractivity contribution in [2.45, 2.75) is 0 Å². The number of fused-ring (bicyclic) bond motifs is 12. The Balaban J connectivity index is 0.000000143. The van der Waals surface area contributed by atoms with Crippen molar-refractivity contribution in [2.24, 2.45) is 0 Å². The van der Waals surface area contributed by atoms with Gasteiger partial charge in [0.15, 0.2) is 34.9 Å². The molecule has 0 saturated carbocycles. The molecule has 12 heteroatoms. The summed E-state index contributed by atoms with van der Waals surface area (Å²) < 4.78 is 10.1. The summed E-state index contributed by atoms with van der Waals surface area (Å²) >= 11 is 7.29. The highest BCUT2D eigenvalue weighted by Crippen LogP contribution is 2.47. The Labute approximate surface area is 613 Å². The van der Waals surface area contributed by atoms with Crippen LogP contribution in [-0.2, 0) is 0 Å². The first-order valence-electron chi connectivity index (χ1n) is 34.0. The molecule has 0 spiro atoms. The molecule has 0 bridgehead atoms. The molecule has 0 N–H and O–H groups in total. The van der Waals surface area contributed by atoms with Crippen molar-refractivity contribution in [2.75, 3.05) is 0 Å². The average Bonchev–Trinajstić information content (AvgIpc) is 1.51. The molecule has 0 atom stereocenters. The fourth-order valence-corrected chi connectivity index (χ4v) is 18.8. The first kappa shape index (κ1) is 62.0. The molecule has 0 amide bonds. The van der Waals surface area contributed by atoms with Crippen LogP contribution in [-0.4, -0.2) is 29.9 Å². The third kappa shape index (κ3) is 11.3. The summed E-state index contributed by atoms with van der Waals surface area (Å²) in [6, 6.07) is 114. The van der Waals surface area contributed by atoms with E-state index in [-0.39, 0.29) is 0 Å². The lowest BCUT2D eigenvalue weighted by Gasteiger charge is -2.13. The zero-order chi connectivity index (χ0) is 69.2. The van der Waals surface area contributed by atoms with E-state index in [4.69, 9.17) is 29.9 Å². The minimum atomic E-state index is 0.463. The van der Waals surface area contributed by atoms with Gasteiger partial charge in [-0.05, 0) is 154 Å². The van der Waals surface area contributed by atoms with Crippen molar-refractivity contribution in [1.29, 1.82) is 10.5 Å². The average molecular weight is 1400 g/mol. The predicted molar refractivity (Wildman–Crippen MR) is 435 cm³/mol. The number of hydrogen-bond donors (Lipinski definition) is 0. The van der Waals surface area contributed by atoms with E-state index in [0.29, 0.717) is 57.2 Å². The molecule has 0 unspecified atom stereocenters. The highest BCUT2D eigenvalue weighted by Gasteiger charge is 2.22. The van der Waals surface area contributed by atoms with Gasteiger partial charge < -0.3 is 0 Å². The quantitative estimate of drug-likeness (QED) is 0.133. The van der Waals surface area contributed by atoms with Gasteiger partial charge in [-0.3, -0.25) is 0 Å². The molecule has 0 aliphatic heterocycles. The van der Waals surface area contributed by atoms with Crippen LogP contribution in [0.2, 0.25) is 0 Å². The minimum absolute atomic E-state index is 0.463. The van der Waals surface area contributed by atoms with Gasteiger partial charge in [0.05, 0.1) is 23.3 Å². The number of nitriles is 2. The molecule has 6 heterocycles. The van der Waals surface area contributed by atoms with Crippen LogP contribution >= 0.6 is 45.3 Å². The van der Waals surface area contributed by atoms with Crippen molar-refractivity contribution in [1.82, 2.24) is 29.9 Å². The number of aromatic nitrogens is 6. The fourth-order valence-electron chi connectivity index (χ4n) is 14.2. The number of hydrogen-bond acceptors (Lipinski definition) is 12. The van der Waals surface area contributed by atoms with Gasteiger partial charge in [0.25, 0.3) is 0 Å². The largest absolute Gasteiger partial charge is 0.208 e. The topological polar surface area (TPSA) is 125 Å². The summed E-state index contributed by atoms with van der Waals surface area (Å²) in [6.07, 6.45) is 0. The van der Waals surface area contributed by atoms with E-state index < -0.39 is 0 Å². The van der Waals surface area contributed by atoms with Gasteiger partial charge in [0, 0.05) is 114 Å². The van der Waals surface area contributed by atoms with Gasteiger partial charge >= 0.3 is 0 Å². The molecule has 20 aromatic rings. The van der Waals surface area contributed by atoms with Crippen molar-refractivity contribution in [3.63, 3.8) is 0 Å². The molecule has 0 radical (unpaired) electrons. The van der Waals surface area contributed by atoms with Crippen LogP contribution in [0.3, 0.4) is 0 Å². The van der Waals surface area contributed by atoms with Crippen LogP contribution < -0.4 is 0 Å². The zero-order valence-corrected chi connectivity index (χ0v) is 58.5. The molecule has 0 aliphatic carbocycles. The Kier molecular flexibility index (Phi) is 15.6. The van der Waals surface area contributed by atoms with E-state index in [2.05, 4.69) is 218 Å². The van der Waals surface area contributed by atoms with Gasteiger partial charge in [-0.25, -0.2) is 29.9 Å². The Morgan fingerprint density at radius 1 is 0.192 bits per heavy atom. The summed E-state index contributed by atoms with van der Waals surface area (Å²) in [4.78, 5) is 30.2. The molecular formula is C92H52N8S4. The fraction of sp³-hybridized carbons (Fsp3) is 0. The highest BCUT2D eigenvalue weighted by molar-refractivity contribution is 7.27. The van der Waals surface area contributed by atoms with Gasteiger partial charge in [-0.2, -0.15) is 10.5 Å². The molecule has 0 aliphatic rings. The first-order chi connectivity index (χ1) is 51.4. The number of nitrogens with zero attached hydrogens (tertiary/aromatic N) is 8. The number of thiophene rings is 4. The standard InChI is InChI=1S/2C46H26N4S2/c47-27-29-14-4-5-15-35(29)46-49-44(28-12-2-1-3-13-28)48-45(50-46)32-25-30(33-18-10-20-38-36-16-6-8-22-40(36)51-42(33)38)24-31(26-32)34-19-11-21-39-37-17-7-9-23-41(37)52-43(34)39;47-27-31-12-4-5-13-35(31)46-49-44(28-10-2-1-3-11-28)48-45(50-46)34-23-32(29-18-20-42-38(25-29)36-14-6-8-16-40(36)51-42)22-33(24-34)30-19-21-43-39(26-30)37-15-7-9-17-41(37)52-43/h2*1-26H. The Morgan fingerprint density at radius 3 is 0.913 bits per heavy atom. The van der Waals surface area contributed by atoms with Crippen LogP contribution in [0.15, 0.2) is 315 Å². The monoisotopic (exact) mass is 1400 g/mol. The van der Waals surface area contributed by atoms with E-state index >= 15 is 0 Å². The smallest absolute Gasteiger partial charge is 0.165 e. The second kappa shape index (κ2) is 26.2. The molecule has 0 fully saturated rings. The van der Waals surface area contributed by atoms with Crippen molar-refractivity contribution < 1.29 is 0 Å². The summed E-state index contributed by atoms with van der Waals surface area (Å²) in [6.45, 7) is 0. The molecule has 6 aromatic heterocycles. The molecule has 104 heavy (non-hydrogen) atoms. The van der Waals surface area contributed by atoms with Crippen molar-refractivity contribution in [3.05, 3.63) is 327 Å². The maximum Gasteiger partial charge on any atom is 0.165 e. The van der Waals surface area contributed by atoms with Gasteiger partial charge in [0.2, 0.25) is 0 Å². The lowest BCUT2D eigenvalue weighted by Crippen LogP contribution is -2.01. The van der Waals surface area contributed by atoms with Crippen molar-refractivity contribution in [3.8, 4) is 125 Å². The summed E-state index contributed by atoms with van der Waals surface area (Å²) in [7, 11) is 0. The maximum atomic E-state index is 10.0. The zero-order valence-electron chi connectivity index (χ0n) is 55.2. The Bertz CT molecular complexity index is 6650. The maximum absolute atomic E-state index is 10.0. The molecule has 0 saturated heterocycles. The second-order valence-electron chi connectivity index (χ2n) is 25.4. The van der Waals surface area contributed by atoms with Crippen LogP contribution in [0.1, 0.15) is 11.1 Å². The van der Waals surface area contributed by atoms with Crippen LogP contribution in [0.4, 0.5) is 0 Å². The number of rotatable bonds is 10. The molecule has 484 valence electrons. The normalized spacial score (nSPS) is 11.4. The summed E-state index contributed by atoms with van der Waals surface area (Å²) in [5.41, 5.74) is 14.8. The Morgan fingerprint density at radius 2 is 0.490 bits per heavy atom. The predicted octanol–water partition coefficient (Wildman–Crippen LogP) is 25.6. The van der Waals surface area contributed by atoms with E-state index in [9.17, 15) is 10.5 Å². The van der Waals surface area contributed by atoms with Crippen LogP contribution in [0.5, 0.6) is 0 Å². The number of benzene rings is 14. The SMILES string of the molecule is N#Cc1ccccc1-c1nc(-c2ccccc2)nc(-c2cc(-c3ccc4sc5ccccc5c4c3)cc(-c3ccc4sc5ccccc5c4c3)c2)n1.N#Cc1ccccc1-c1nc(-c2ccccc2)nc(-c2cc(-c3cccc4c3sc3ccccc34)cc(-c3cccc4c3sc3ccccc34)c2)n1. The third-order valence-electron chi connectivity index (χ3n) is 19.1. The van der Waals surface area contributed by atoms with Crippen molar-refractivity contribution >= 4 is 126 Å². The third-order valence-corrected chi connectivity index (χ3v) is 23.9. The second-order valence-corrected chi connectivity index (χ2v) is 29.7. The highest BCUT2D eigenvalue weighted by atomic mass is 32.1. The Hall–Kier alpha value is -13.0. The molecule has 8 nitrogen and oxygen atoms in total. The minimum Gasteiger partial charge on any atom is -0.208 e. The first-order valence-corrected chi connectivity index (χ1v) is 37.2. The lowest BCUT2D eigenvalue weighted by molar-refractivity contribution is 1.07. The van der Waals surface area contributed by atoms with E-state index in [1.807, 2.05) is 142 Å².